The van der Waals surface area contributed by atoms with Gasteiger partial charge in [-0.25, -0.2) is 14.6 Å². The Hall–Kier alpha value is -3.17. The summed E-state index contributed by atoms with van der Waals surface area (Å²) in [6.45, 7) is 2.62. The molecule has 0 unspecified atom stereocenters. The van der Waals surface area contributed by atoms with Crippen LogP contribution in [0.2, 0.25) is 5.02 Å². The van der Waals surface area contributed by atoms with E-state index in [1.807, 2.05) is 12.1 Å². The number of anilines is 1. The Morgan fingerprint density at radius 3 is 2.84 bits per heavy atom. The van der Waals surface area contributed by atoms with Crippen LogP contribution < -0.4 is 10.9 Å². The summed E-state index contributed by atoms with van der Waals surface area (Å²) >= 11 is 7.36. The number of halogens is 1. The number of fused-ring (bicyclic) bond motifs is 1. The van der Waals surface area contributed by atoms with Gasteiger partial charge in [0, 0.05) is 11.6 Å². The summed E-state index contributed by atoms with van der Waals surface area (Å²) in [5.41, 5.74) is 1.70. The molecule has 0 bridgehead atoms. The predicted octanol–water partition coefficient (Wildman–Crippen LogP) is 4.16. The van der Waals surface area contributed by atoms with Gasteiger partial charge in [0.1, 0.15) is 12.7 Å². The highest BCUT2D eigenvalue weighted by Crippen LogP contribution is 2.25. The van der Waals surface area contributed by atoms with Crippen LogP contribution >= 0.6 is 23.4 Å². The molecule has 2 aromatic carbocycles. The van der Waals surface area contributed by atoms with E-state index in [0.717, 1.165) is 12.8 Å². The molecule has 0 aliphatic rings. The number of hydrogen-bond donors (Lipinski definition) is 1. The topological polar surface area (TPSA) is 94.7 Å². The number of carbonyl (C=O) groups is 1. The third-order valence-electron chi connectivity index (χ3n) is 4.79. The van der Waals surface area contributed by atoms with E-state index >= 15 is 0 Å². The molecular formula is C22H21ClN6O2S. The molecule has 0 atom stereocenters. The maximum atomic E-state index is 13.0. The molecule has 0 aliphatic carbocycles. The van der Waals surface area contributed by atoms with Crippen LogP contribution in [0.15, 0.2) is 65.1 Å². The fourth-order valence-electron chi connectivity index (χ4n) is 3.23. The second-order valence-electron chi connectivity index (χ2n) is 7.06. The van der Waals surface area contributed by atoms with Gasteiger partial charge >= 0.3 is 0 Å². The zero-order valence-corrected chi connectivity index (χ0v) is 18.9. The van der Waals surface area contributed by atoms with Gasteiger partial charge in [-0.3, -0.25) is 14.2 Å². The van der Waals surface area contributed by atoms with Crippen LogP contribution in [0.4, 0.5) is 5.69 Å². The highest BCUT2D eigenvalue weighted by molar-refractivity contribution is 7.99. The molecule has 0 fully saturated rings. The Morgan fingerprint density at radius 2 is 2.06 bits per heavy atom. The van der Waals surface area contributed by atoms with Crippen LogP contribution in [-0.4, -0.2) is 36.0 Å². The molecule has 8 nitrogen and oxygen atoms in total. The van der Waals surface area contributed by atoms with Gasteiger partial charge in [0.15, 0.2) is 5.16 Å². The maximum absolute atomic E-state index is 13.0. The number of amides is 1. The fourth-order valence-corrected chi connectivity index (χ4v) is 4.23. The molecule has 4 aromatic rings. The average molecular weight is 469 g/mol. The Balaban J connectivity index is 1.56. The van der Waals surface area contributed by atoms with Gasteiger partial charge in [0.05, 0.1) is 28.0 Å². The molecular weight excluding hydrogens is 448 g/mol. The average Bonchev–Trinajstić information content (AvgIpc) is 3.32. The smallest absolute Gasteiger partial charge is 0.262 e. The molecule has 0 saturated heterocycles. The minimum absolute atomic E-state index is 0.0835. The van der Waals surface area contributed by atoms with Crippen molar-refractivity contribution < 1.29 is 4.79 Å². The first-order valence-electron chi connectivity index (χ1n) is 10.1. The second-order valence-corrected chi connectivity index (χ2v) is 8.44. The van der Waals surface area contributed by atoms with E-state index in [2.05, 4.69) is 27.3 Å². The monoisotopic (exact) mass is 468 g/mol. The lowest BCUT2D eigenvalue weighted by atomic mass is 10.2. The fraction of sp³-hybridized carbons (Fsp3) is 0.227. The SMILES string of the molecule is CCCCn1c(SCC(=O)Nc2cc(Cl)ccc2-n2cncn2)nc2ccccc2c1=O. The number of rotatable bonds is 8. The van der Waals surface area contributed by atoms with Crippen LogP contribution in [0.5, 0.6) is 0 Å². The van der Waals surface area contributed by atoms with Crippen molar-refractivity contribution in [2.24, 2.45) is 0 Å². The van der Waals surface area contributed by atoms with Gasteiger partial charge in [-0.2, -0.15) is 5.10 Å². The zero-order chi connectivity index (χ0) is 22.5. The van der Waals surface area contributed by atoms with E-state index in [1.165, 1.54) is 18.1 Å². The van der Waals surface area contributed by atoms with Crippen LogP contribution in [0.25, 0.3) is 16.6 Å². The molecule has 0 radical (unpaired) electrons. The number of unbranched alkanes of at least 4 members (excludes halogenated alkanes) is 1. The maximum Gasteiger partial charge on any atom is 0.262 e. The van der Waals surface area contributed by atoms with Crippen molar-refractivity contribution in [3.63, 3.8) is 0 Å². The predicted molar refractivity (Wildman–Crippen MR) is 127 cm³/mol. The number of aromatic nitrogens is 5. The van der Waals surface area contributed by atoms with Crippen LogP contribution in [-0.2, 0) is 11.3 Å². The molecule has 0 aliphatic heterocycles. The molecule has 2 aromatic heterocycles. The third-order valence-corrected chi connectivity index (χ3v) is 6.00. The zero-order valence-electron chi connectivity index (χ0n) is 17.4. The van der Waals surface area contributed by atoms with E-state index in [1.54, 1.807) is 45.9 Å². The molecule has 0 saturated carbocycles. The summed E-state index contributed by atoms with van der Waals surface area (Å²) in [5.74, 6) is -0.164. The largest absolute Gasteiger partial charge is 0.323 e. The summed E-state index contributed by atoms with van der Waals surface area (Å²) in [6.07, 6.45) is 4.75. The van der Waals surface area contributed by atoms with Crippen molar-refractivity contribution >= 4 is 45.9 Å². The normalized spacial score (nSPS) is 11.1. The second kappa shape index (κ2) is 9.97. The molecule has 1 amide bonds. The number of thioether (sulfide) groups is 1. The van der Waals surface area contributed by atoms with Crippen LogP contribution in [0, 0.1) is 0 Å². The van der Waals surface area contributed by atoms with Crippen molar-refractivity contribution in [1.29, 1.82) is 0 Å². The Kier molecular flexibility index (Phi) is 6.87. The summed E-state index contributed by atoms with van der Waals surface area (Å²) in [5, 5.41) is 8.58. The summed E-state index contributed by atoms with van der Waals surface area (Å²) in [6, 6.07) is 12.4. The summed E-state index contributed by atoms with van der Waals surface area (Å²) in [7, 11) is 0. The van der Waals surface area contributed by atoms with Crippen LogP contribution in [0.1, 0.15) is 19.8 Å². The van der Waals surface area contributed by atoms with Gasteiger partial charge in [-0.15, -0.1) is 0 Å². The molecule has 4 rings (SSSR count). The van der Waals surface area contributed by atoms with Crippen molar-refractivity contribution in [1.82, 2.24) is 24.3 Å². The van der Waals surface area contributed by atoms with E-state index in [4.69, 9.17) is 11.6 Å². The molecule has 2 heterocycles. The highest BCUT2D eigenvalue weighted by Gasteiger charge is 2.15. The van der Waals surface area contributed by atoms with Crippen molar-refractivity contribution in [2.45, 2.75) is 31.5 Å². The molecule has 164 valence electrons. The quantitative estimate of drug-likeness (QED) is 0.308. The van der Waals surface area contributed by atoms with Crippen molar-refractivity contribution in [2.75, 3.05) is 11.1 Å². The van der Waals surface area contributed by atoms with Crippen molar-refractivity contribution in [3.05, 3.63) is 70.5 Å². The minimum Gasteiger partial charge on any atom is -0.323 e. The minimum atomic E-state index is -0.247. The van der Waals surface area contributed by atoms with E-state index < -0.39 is 0 Å². The van der Waals surface area contributed by atoms with Gasteiger partial charge in [-0.05, 0) is 36.8 Å². The van der Waals surface area contributed by atoms with Gasteiger partial charge in [-0.1, -0.05) is 48.8 Å². The van der Waals surface area contributed by atoms with Crippen molar-refractivity contribution in [3.8, 4) is 5.69 Å². The molecule has 10 heteroatoms. The number of benzene rings is 2. The molecule has 1 N–H and O–H groups in total. The molecule has 32 heavy (non-hydrogen) atoms. The lowest BCUT2D eigenvalue weighted by Crippen LogP contribution is -2.24. The molecule has 0 spiro atoms. The summed E-state index contributed by atoms with van der Waals surface area (Å²) in [4.78, 5) is 34.3. The lowest BCUT2D eigenvalue weighted by molar-refractivity contribution is -0.113. The first kappa shape index (κ1) is 22.0. The standard InChI is InChI=1S/C22H21ClN6O2S/c1-2-3-10-28-21(31)16-6-4-5-7-17(16)27-22(28)32-12-20(30)26-18-11-15(23)8-9-19(18)29-14-24-13-25-29/h4-9,11,13-14H,2-3,10,12H2,1H3,(H,26,30). The number of carbonyl (C=O) groups excluding carboxylic acids is 1. The highest BCUT2D eigenvalue weighted by atomic mass is 35.5. The van der Waals surface area contributed by atoms with E-state index in [-0.39, 0.29) is 17.2 Å². The lowest BCUT2D eigenvalue weighted by Gasteiger charge is -2.14. The Morgan fingerprint density at radius 1 is 1.22 bits per heavy atom. The van der Waals surface area contributed by atoms with Gasteiger partial charge < -0.3 is 5.32 Å². The first-order chi connectivity index (χ1) is 15.6. The Labute approximate surface area is 193 Å². The van der Waals surface area contributed by atoms with E-state index in [9.17, 15) is 9.59 Å². The third kappa shape index (κ3) is 4.84. The number of nitrogens with one attached hydrogen (secondary N) is 1. The van der Waals surface area contributed by atoms with Gasteiger partial charge in [0.2, 0.25) is 5.91 Å². The van der Waals surface area contributed by atoms with E-state index in [0.29, 0.717) is 39.0 Å². The Bertz CT molecular complexity index is 1310. The van der Waals surface area contributed by atoms with Gasteiger partial charge in [0.25, 0.3) is 5.56 Å². The number of nitrogens with zero attached hydrogens (tertiary/aromatic N) is 5. The first-order valence-corrected chi connectivity index (χ1v) is 11.5. The number of hydrogen-bond acceptors (Lipinski definition) is 6. The number of para-hydroxylation sites is 1. The summed E-state index contributed by atoms with van der Waals surface area (Å²) < 4.78 is 3.20. The van der Waals surface area contributed by atoms with Crippen LogP contribution in [0.3, 0.4) is 0 Å².